The molecule has 0 bridgehead atoms. The van der Waals surface area contributed by atoms with Crippen LogP contribution in [0.5, 0.6) is 11.5 Å². The van der Waals surface area contributed by atoms with Crippen molar-refractivity contribution in [3.63, 3.8) is 0 Å². The van der Waals surface area contributed by atoms with Crippen LogP contribution in [0.2, 0.25) is 0 Å². The topological polar surface area (TPSA) is 84.9 Å². The zero-order valence-electron chi connectivity index (χ0n) is 19.2. The van der Waals surface area contributed by atoms with Gasteiger partial charge >= 0.3 is 0 Å². The largest absolute Gasteiger partial charge is 0.496 e. The number of methoxy groups -OCH3 is 2. The summed E-state index contributed by atoms with van der Waals surface area (Å²) in [6.07, 6.45) is 0. The van der Waals surface area contributed by atoms with Gasteiger partial charge in [0, 0.05) is 6.54 Å². The summed E-state index contributed by atoms with van der Waals surface area (Å²) in [5.74, 6) is 0.619. The van der Waals surface area contributed by atoms with E-state index in [1.807, 2.05) is 43.3 Å². The van der Waals surface area contributed by atoms with Crippen LogP contribution >= 0.6 is 0 Å². The number of rotatable bonds is 9. The van der Waals surface area contributed by atoms with Gasteiger partial charge in [-0.15, -0.1) is 0 Å². The monoisotopic (exact) mass is 468 g/mol. The maximum atomic E-state index is 13.5. The van der Waals surface area contributed by atoms with Gasteiger partial charge in [-0.2, -0.15) is 4.31 Å². The molecule has 1 N–H and O–H groups in total. The second kappa shape index (κ2) is 10.5. The van der Waals surface area contributed by atoms with Crippen molar-refractivity contribution < 1.29 is 22.7 Å². The summed E-state index contributed by atoms with van der Waals surface area (Å²) in [7, 11) is -0.930. The van der Waals surface area contributed by atoms with Crippen LogP contribution in [0.3, 0.4) is 0 Å². The molecule has 174 valence electrons. The molecule has 3 rings (SSSR count). The number of hydrogen-bond donors (Lipinski definition) is 1. The molecule has 3 aromatic rings. The van der Waals surface area contributed by atoms with E-state index in [4.69, 9.17) is 9.47 Å². The molecule has 0 aliphatic heterocycles. The number of hydrogen-bond acceptors (Lipinski definition) is 5. The van der Waals surface area contributed by atoms with E-state index in [2.05, 4.69) is 5.32 Å². The minimum Gasteiger partial charge on any atom is -0.496 e. The lowest BCUT2D eigenvalue weighted by Crippen LogP contribution is -2.37. The lowest BCUT2D eigenvalue weighted by Gasteiger charge is -2.23. The van der Waals surface area contributed by atoms with Crippen molar-refractivity contribution in [1.82, 2.24) is 4.31 Å². The minimum absolute atomic E-state index is 0.0482. The lowest BCUT2D eigenvalue weighted by molar-refractivity contribution is -0.116. The number of aryl methyl sites for hydroxylation is 2. The number of nitrogens with one attached hydrogen (secondary N) is 1. The lowest BCUT2D eigenvalue weighted by atomic mass is 10.2. The van der Waals surface area contributed by atoms with Gasteiger partial charge in [-0.05, 0) is 60.9 Å². The van der Waals surface area contributed by atoms with Crippen molar-refractivity contribution in [2.24, 2.45) is 0 Å². The third kappa shape index (κ3) is 5.91. The van der Waals surface area contributed by atoms with E-state index in [0.717, 1.165) is 11.1 Å². The number of anilines is 1. The third-order valence-electron chi connectivity index (χ3n) is 5.15. The molecule has 0 spiro atoms. The fraction of sp³-hybridized carbons (Fsp3) is 0.240. The Kier molecular flexibility index (Phi) is 7.73. The van der Waals surface area contributed by atoms with E-state index >= 15 is 0 Å². The Morgan fingerprint density at radius 2 is 1.58 bits per heavy atom. The van der Waals surface area contributed by atoms with Crippen molar-refractivity contribution >= 4 is 21.6 Å². The van der Waals surface area contributed by atoms with Crippen molar-refractivity contribution in [1.29, 1.82) is 0 Å². The highest BCUT2D eigenvalue weighted by Crippen LogP contribution is 2.27. The molecule has 0 heterocycles. The van der Waals surface area contributed by atoms with E-state index < -0.39 is 15.9 Å². The SMILES string of the molecule is COc1ccc(S(=O)(=O)N(CC(=O)Nc2cc(C)ccc2OC)Cc2ccccc2)cc1C. The maximum Gasteiger partial charge on any atom is 0.243 e. The molecule has 0 saturated carbocycles. The van der Waals surface area contributed by atoms with Crippen LogP contribution in [0.15, 0.2) is 71.6 Å². The zero-order valence-corrected chi connectivity index (χ0v) is 20.0. The van der Waals surface area contributed by atoms with Crippen LogP contribution in [-0.4, -0.2) is 39.4 Å². The van der Waals surface area contributed by atoms with Crippen LogP contribution in [0.25, 0.3) is 0 Å². The normalized spacial score (nSPS) is 11.3. The first-order valence-corrected chi connectivity index (χ1v) is 11.8. The zero-order chi connectivity index (χ0) is 24.0. The molecule has 0 unspecified atom stereocenters. The summed E-state index contributed by atoms with van der Waals surface area (Å²) in [4.78, 5) is 13.0. The molecule has 3 aromatic carbocycles. The fourth-order valence-electron chi connectivity index (χ4n) is 3.44. The first kappa shape index (κ1) is 24.3. The Balaban J connectivity index is 1.92. The predicted octanol–water partition coefficient (Wildman–Crippen LogP) is 4.15. The van der Waals surface area contributed by atoms with Gasteiger partial charge in [0.15, 0.2) is 0 Å². The van der Waals surface area contributed by atoms with E-state index in [9.17, 15) is 13.2 Å². The van der Waals surface area contributed by atoms with Crippen LogP contribution in [0.1, 0.15) is 16.7 Å². The molecule has 0 atom stereocenters. The van der Waals surface area contributed by atoms with Crippen LogP contribution in [0.4, 0.5) is 5.69 Å². The first-order chi connectivity index (χ1) is 15.7. The Bertz CT molecular complexity index is 1230. The van der Waals surface area contributed by atoms with Gasteiger partial charge in [-0.25, -0.2) is 8.42 Å². The standard InChI is InChI=1S/C25H28N2O5S/c1-18-10-12-24(32-4)22(14-18)26-25(28)17-27(16-20-8-6-5-7-9-20)33(29,30)21-11-13-23(31-3)19(2)15-21/h5-15H,16-17H2,1-4H3,(H,26,28). The van der Waals surface area contributed by atoms with E-state index in [-0.39, 0.29) is 18.0 Å². The van der Waals surface area contributed by atoms with Gasteiger partial charge < -0.3 is 14.8 Å². The van der Waals surface area contributed by atoms with E-state index in [1.54, 1.807) is 31.2 Å². The molecule has 0 saturated heterocycles. The molecular formula is C25H28N2O5S. The fourth-order valence-corrected chi connectivity index (χ4v) is 4.91. The van der Waals surface area contributed by atoms with Crippen molar-refractivity contribution in [2.45, 2.75) is 25.3 Å². The molecule has 0 aliphatic rings. The Hall–Kier alpha value is -3.36. The average Bonchev–Trinajstić information content (AvgIpc) is 2.79. The van der Waals surface area contributed by atoms with E-state index in [0.29, 0.717) is 22.7 Å². The number of nitrogens with zero attached hydrogens (tertiary/aromatic N) is 1. The minimum atomic E-state index is -3.97. The Morgan fingerprint density at radius 1 is 0.909 bits per heavy atom. The molecule has 0 aromatic heterocycles. The van der Waals surface area contributed by atoms with Crippen molar-refractivity contribution in [3.8, 4) is 11.5 Å². The second-order valence-corrected chi connectivity index (χ2v) is 9.58. The van der Waals surface area contributed by atoms with Gasteiger partial charge in [-0.1, -0.05) is 36.4 Å². The summed E-state index contributed by atoms with van der Waals surface area (Å²) in [5.41, 5.74) is 2.88. The Labute approximate surface area is 195 Å². The summed E-state index contributed by atoms with van der Waals surface area (Å²) in [6.45, 7) is 3.36. The number of carbonyl (C=O) groups is 1. The van der Waals surface area contributed by atoms with Gasteiger partial charge in [0.25, 0.3) is 0 Å². The van der Waals surface area contributed by atoms with Gasteiger partial charge in [0.05, 0.1) is 31.3 Å². The molecule has 7 nitrogen and oxygen atoms in total. The smallest absolute Gasteiger partial charge is 0.243 e. The van der Waals surface area contributed by atoms with E-state index in [1.165, 1.54) is 24.6 Å². The van der Waals surface area contributed by atoms with Gasteiger partial charge in [-0.3, -0.25) is 4.79 Å². The predicted molar refractivity (Wildman–Crippen MR) is 128 cm³/mol. The molecule has 0 fully saturated rings. The molecule has 1 amide bonds. The maximum absolute atomic E-state index is 13.5. The molecule has 0 aliphatic carbocycles. The molecule has 33 heavy (non-hydrogen) atoms. The highest BCUT2D eigenvalue weighted by atomic mass is 32.2. The third-order valence-corrected chi connectivity index (χ3v) is 6.94. The highest BCUT2D eigenvalue weighted by Gasteiger charge is 2.28. The Morgan fingerprint density at radius 3 is 2.21 bits per heavy atom. The van der Waals surface area contributed by atoms with Crippen LogP contribution in [0, 0.1) is 13.8 Å². The quantitative estimate of drug-likeness (QED) is 0.510. The summed E-state index contributed by atoms with van der Waals surface area (Å²) < 4.78 is 38.8. The van der Waals surface area contributed by atoms with Crippen molar-refractivity contribution in [2.75, 3.05) is 26.1 Å². The number of benzene rings is 3. The summed E-state index contributed by atoms with van der Waals surface area (Å²) >= 11 is 0. The number of amides is 1. The van der Waals surface area contributed by atoms with Crippen molar-refractivity contribution in [3.05, 3.63) is 83.4 Å². The summed E-state index contributed by atoms with van der Waals surface area (Å²) in [6, 6.07) is 19.2. The first-order valence-electron chi connectivity index (χ1n) is 10.4. The van der Waals surface area contributed by atoms with Crippen LogP contribution in [-0.2, 0) is 21.4 Å². The molecule has 0 radical (unpaired) electrons. The van der Waals surface area contributed by atoms with Gasteiger partial charge in [0.1, 0.15) is 11.5 Å². The number of ether oxygens (including phenoxy) is 2. The van der Waals surface area contributed by atoms with Gasteiger partial charge in [0.2, 0.25) is 15.9 Å². The summed E-state index contributed by atoms with van der Waals surface area (Å²) in [5, 5.41) is 2.78. The molecular weight excluding hydrogens is 440 g/mol. The average molecular weight is 469 g/mol. The second-order valence-electron chi connectivity index (χ2n) is 7.64. The molecule has 8 heteroatoms. The van der Waals surface area contributed by atoms with Crippen LogP contribution < -0.4 is 14.8 Å². The highest BCUT2D eigenvalue weighted by molar-refractivity contribution is 7.89. The number of carbonyl (C=O) groups excluding carboxylic acids is 1. The number of sulfonamides is 1.